The summed E-state index contributed by atoms with van der Waals surface area (Å²) in [6.45, 7) is 0. The average molecular weight is 481 g/mol. The molecule has 3 rings (SSSR count). The maximum atomic E-state index is 12.7. The van der Waals surface area contributed by atoms with Crippen LogP contribution in [0, 0.1) is 0 Å². The van der Waals surface area contributed by atoms with Gasteiger partial charge in [-0.25, -0.2) is 5.43 Å². The van der Waals surface area contributed by atoms with Crippen LogP contribution in [0.5, 0.6) is 11.5 Å². The van der Waals surface area contributed by atoms with E-state index in [1.807, 2.05) is 0 Å². The van der Waals surface area contributed by atoms with Gasteiger partial charge in [0, 0.05) is 16.3 Å². The van der Waals surface area contributed by atoms with Crippen LogP contribution in [0.1, 0.15) is 15.9 Å². The molecule has 9 nitrogen and oxygen atoms in total. The minimum absolute atomic E-state index is 0.160. The summed E-state index contributed by atoms with van der Waals surface area (Å²) in [4.78, 5) is 37.2. The normalized spacial score (nSPS) is 10.4. The Kier molecular flexibility index (Phi) is 8.20. The number of carbonyl (C=O) groups excluding carboxylic acids is 3. The third-order valence-electron chi connectivity index (χ3n) is 4.53. The SMILES string of the molecule is COc1ccc(OC)c(/C=N\NC(=O)C(=O)Nc2ccccc2C(=O)Nc2ccc(Cl)cc2)c1. The summed E-state index contributed by atoms with van der Waals surface area (Å²) in [6, 6.07) is 17.9. The van der Waals surface area contributed by atoms with Crippen LogP contribution < -0.4 is 25.5 Å². The second kappa shape index (κ2) is 11.5. The van der Waals surface area contributed by atoms with Gasteiger partial charge < -0.3 is 20.1 Å². The third kappa shape index (κ3) is 6.33. The van der Waals surface area contributed by atoms with Crippen molar-refractivity contribution in [2.24, 2.45) is 5.10 Å². The van der Waals surface area contributed by atoms with E-state index in [1.54, 1.807) is 54.6 Å². The van der Waals surface area contributed by atoms with Gasteiger partial charge in [-0.2, -0.15) is 5.10 Å². The molecule has 3 amide bonds. The number of rotatable bonds is 7. The molecule has 0 saturated carbocycles. The van der Waals surface area contributed by atoms with Crippen LogP contribution >= 0.6 is 11.6 Å². The van der Waals surface area contributed by atoms with E-state index < -0.39 is 17.7 Å². The first-order chi connectivity index (χ1) is 16.4. The molecule has 174 valence electrons. The van der Waals surface area contributed by atoms with Gasteiger partial charge >= 0.3 is 11.8 Å². The summed E-state index contributed by atoms with van der Waals surface area (Å²) in [5.41, 5.74) is 3.53. The van der Waals surface area contributed by atoms with Gasteiger partial charge in [0.25, 0.3) is 5.91 Å². The number of halogens is 1. The van der Waals surface area contributed by atoms with Gasteiger partial charge in [-0.05, 0) is 54.6 Å². The minimum Gasteiger partial charge on any atom is -0.497 e. The Bertz CT molecular complexity index is 1230. The van der Waals surface area contributed by atoms with E-state index in [0.717, 1.165) is 0 Å². The van der Waals surface area contributed by atoms with Crippen molar-refractivity contribution in [2.75, 3.05) is 24.9 Å². The van der Waals surface area contributed by atoms with E-state index in [4.69, 9.17) is 21.1 Å². The van der Waals surface area contributed by atoms with Gasteiger partial charge in [-0.15, -0.1) is 0 Å². The van der Waals surface area contributed by atoms with Crippen LogP contribution in [0.3, 0.4) is 0 Å². The zero-order valence-electron chi connectivity index (χ0n) is 18.3. The Hall–Kier alpha value is -4.37. The third-order valence-corrected chi connectivity index (χ3v) is 4.79. The molecule has 0 unspecified atom stereocenters. The Labute approximate surface area is 200 Å². The topological polar surface area (TPSA) is 118 Å². The number of ether oxygens (including phenoxy) is 2. The van der Waals surface area contributed by atoms with Crippen molar-refractivity contribution in [3.63, 3.8) is 0 Å². The first-order valence-corrected chi connectivity index (χ1v) is 10.3. The highest BCUT2D eigenvalue weighted by atomic mass is 35.5. The molecule has 0 heterocycles. The molecule has 0 saturated heterocycles. The lowest BCUT2D eigenvalue weighted by atomic mass is 10.1. The predicted octanol–water partition coefficient (Wildman–Crippen LogP) is 3.70. The number of nitrogens with zero attached hydrogens (tertiary/aromatic N) is 1. The van der Waals surface area contributed by atoms with Crippen molar-refractivity contribution in [1.82, 2.24) is 5.43 Å². The fraction of sp³-hybridized carbons (Fsp3) is 0.0833. The predicted molar refractivity (Wildman–Crippen MR) is 130 cm³/mol. The van der Waals surface area contributed by atoms with Crippen LogP contribution in [0.2, 0.25) is 5.02 Å². The number of methoxy groups -OCH3 is 2. The first kappa shape index (κ1) is 24.3. The van der Waals surface area contributed by atoms with Gasteiger partial charge in [0.15, 0.2) is 0 Å². The highest BCUT2D eigenvalue weighted by Crippen LogP contribution is 2.22. The van der Waals surface area contributed by atoms with Gasteiger partial charge in [-0.1, -0.05) is 23.7 Å². The molecule has 0 bridgehead atoms. The molecule has 0 spiro atoms. The van der Waals surface area contributed by atoms with Crippen molar-refractivity contribution in [3.05, 3.63) is 82.9 Å². The van der Waals surface area contributed by atoms with E-state index in [1.165, 1.54) is 32.6 Å². The highest BCUT2D eigenvalue weighted by molar-refractivity contribution is 6.40. The molecular weight excluding hydrogens is 460 g/mol. The summed E-state index contributed by atoms with van der Waals surface area (Å²) < 4.78 is 10.4. The second-order valence-corrected chi connectivity index (χ2v) is 7.20. The molecular formula is C24H21ClN4O5. The van der Waals surface area contributed by atoms with Crippen LogP contribution in [0.4, 0.5) is 11.4 Å². The second-order valence-electron chi connectivity index (χ2n) is 6.77. The van der Waals surface area contributed by atoms with E-state index in [-0.39, 0.29) is 11.3 Å². The van der Waals surface area contributed by atoms with E-state index in [9.17, 15) is 14.4 Å². The molecule has 0 aliphatic rings. The van der Waals surface area contributed by atoms with Crippen LogP contribution in [-0.4, -0.2) is 38.2 Å². The number of amides is 3. The quantitative estimate of drug-likeness (QED) is 0.271. The molecule has 3 N–H and O–H groups in total. The minimum atomic E-state index is -1.02. The van der Waals surface area contributed by atoms with Crippen molar-refractivity contribution in [2.45, 2.75) is 0 Å². The summed E-state index contributed by atoms with van der Waals surface area (Å²) in [7, 11) is 3.01. The van der Waals surface area contributed by atoms with Crippen LogP contribution in [0.15, 0.2) is 71.8 Å². The van der Waals surface area contributed by atoms with E-state index in [0.29, 0.717) is 27.8 Å². The zero-order chi connectivity index (χ0) is 24.5. The van der Waals surface area contributed by atoms with E-state index in [2.05, 4.69) is 21.2 Å². The molecule has 3 aromatic carbocycles. The van der Waals surface area contributed by atoms with Crippen LogP contribution in [-0.2, 0) is 9.59 Å². The maximum absolute atomic E-state index is 12.7. The van der Waals surface area contributed by atoms with Crippen molar-refractivity contribution in [1.29, 1.82) is 0 Å². The maximum Gasteiger partial charge on any atom is 0.329 e. The Morgan fingerprint density at radius 3 is 2.32 bits per heavy atom. The fourth-order valence-corrected chi connectivity index (χ4v) is 2.98. The number of anilines is 2. The van der Waals surface area contributed by atoms with Gasteiger partial charge in [-0.3, -0.25) is 14.4 Å². The van der Waals surface area contributed by atoms with Crippen molar-refractivity contribution < 1.29 is 23.9 Å². The summed E-state index contributed by atoms with van der Waals surface area (Å²) in [5.74, 6) is -1.42. The number of carbonyl (C=O) groups is 3. The monoisotopic (exact) mass is 480 g/mol. The molecule has 0 radical (unpaired) electrons. The Morgan fingerprint density at radius 1 is 0.882 bits per heavy atom. The van der Waals surface area contributed by atoms with Crippen molar-refractivity contribution in [3.8, 4) is 11.5 Å². The molecule has 0 aliphatic heterocycles. The summed E-state index contributed by atoms with van der Waals surface area (Å²) in [5, 5.41) is 9.46. The lowest BCUT2D eigenvalue weighted by molar-refractivity contribution is -0.136. The molecule has 0 aromatic heterocycles. The van der Waals surface area contributed by atoms with Gasteiger partial charge in [0.2, 0.25) is 0 Å². The number of benzene rings is 3. The molecule has 3 aromatic rings. The zero-order valence-corrected chi connectivity index (χ0v) is 19.1. The van der Waals surface area contributed by atoms with E-state index >= 15 is 0 Å². The molecule has 0 aliphatic carbocycles. The standard InChI is InChI=1S/C24H21ClN4O5/c1-33-18-11-12-21(34-2)15(13-18)14-26-29-24(32)23(31)28-20-6-4-3-5-19(20)22(30)27-17-9-7-16(25)8-10-17/h3-14H,1-2H3,(H,27,30)(H,28,31)(H,29,32)/b26-14-. The first-order valence-electron chi connectivity index (χ1n) is 9.93. The smallest absolute Gasteiger partial charge is 0.329 e. The number of nitrogens with one attached hydrogen (secondary N) is 3. The highest BCUT2D eigenvalue weighted by Gasteiger charge is 2.18. The summed E-state index contributed by atoms with van der Waals surface area (Å²) in [6.07, 6.45) is 1.32. The lowest BCUT2D eigenvalue weighted by Gasteiger charge is -2.11. The fourth-order valence-electron chi connectivity index (χ4n) is 2.85. The number of hydrogen-bond donors (Lipinski definition) is 3. The number of hydrogen-bond acceptors (Lipinski definition) is 6. The molecule has 0 fully saturated rings. The number of hydrazone groups is 1. The lowest BCUT2D eigenvalue weighted by Crippen LogP contribution is -2.33. The largest absolute Gasteiger partial charge is 0.497 e. The molecule has 10 heteroatoms. The van der Waals surface area contributed by atoms with Crippen molar-refractivity contribution >= 4 is 46.9 Å². The Balaban J connectivity index is 1.65. The van der Waals surface area contributed by atoms with Gasteiger partial charge in [0.05, 0.1) is 31.7 Å². The molecule has 0 atom stereocenters. The number of para-hydroxylation sites is 1. The average Bonchev–Trinajstić information content (AvgIpc) is 2.85. The summed E-state index contributed by atoms with van der Waals surface area (Å²) >= 11 is 5.86. The van der Waals surface area contributed by atoms with Crippen LogP contribution in [0.25, 0.3) is 0 Å². The molecule has 34 heavy (non-hydrogen) atoms. The van der Waals surface area contributed by atoms with Gasteiger partial charge in [0.1, 0.15) is 11.5 Å². The Morgan fingerprint density at radius 2 is 1.62 bits per heavy atom.